The molecule has 0 bridgehead atoms. The van der Waals surface area contributed by atoms with Gasteiger partial charge in [0.25, 0.3) is 0 Å². The van der Waals surface area contributed by atoms with Gasteiger partial charge in [-0.2, -0.15) is 0 Å². The smallest absolute Gasteiger partial charge is 0.182 e. The van der Waals surface area contributed by atoms with Crippen molar-refractivity contribution in [2.45, 2.75) is 31.1 Å². The fourth-order valence-corrected chi connectivity index (χ4v) is 4.52. The molecule has 0 aliphatic carbocycles. The molecule has 2 aliphatic rings. The Labute approximate surface area is 181 Å². The summed E-state index contributed by atoms with van der Waals surface area (Å²) in [5.41, 5.74) is 5.45. The average Bonchev–Trinajstić information content (AvgIpc) is 3.27. The molecule has 2 aliphatic heterocycles. The van der Waals surface area contributed by atoms with E-state index in [9.17, 15) is 5.11 Å². The predicted octanol–water partition coefficient (Wildman–Crippen LogP) is 2.82. The first-order valence-electron chi connectivity index (χ1n) is 10.8. The first-order valence-corrected chi connectivity index (χ1v) is 10.8. The number of nitrogens with zero attached hydrogens (tertiary/aromatic N) is 2. The van der Waals surface area contributed by atoms with Crippen molar-refractivity contribution in [3.8, 4) is 11.3 Å². The average molecular weight is 425 g/mol. The summed E-state index contributed by atoms with van der Waals surface area (Å²) in [7, 11) is 1.48. The van der Waals surface area contributed by atoms with Crippen molar-refractivity contribution in [3.63, 3.8) is 0 Å². The molecule has 164 valence electrons. The lowest BCUT2D eigenvalue weighted by Crippen LogP contribution is -2.36. The quantitative estimate of drug-likeness (QED) is 0.542. The van der Waals surface area contributed by atoms with E-state index in [0.29, 0.717) is 23.7 Å². The Morgan fingerprint density at radius 3 is 2.84 bits per heavy atom. The summed E-state index contributed by atoms with van der Waals surface area (Å²) in [5.74, 6) is 0.447. The number of morpholine rings is 1. The molecule has 3 N–H and O–H groups in total. The van der Waals surface area contributed by atoms with Crippen LogP contribution in [0.2, 0.25) is 0 Å². The third-order valence-electron chi connectivity index (χ3n) is 6.22. The van der Waals surface area contributed by atoms with E-state index in [2.05, 4.69) is 27.4 Å². The molecule has 5 heterocycles. The number of fused-ring (bicyclic) bond motifs is 1. The molecular formula is C23H28N4O4. The molecule has 3 aromatic heterocycles. The lowest BCUT2D eigenvalue weighted by molar-refractivity contribution is -0.0758. The molecule has 0 radical (unpaired) electrons. The molecule has 0 saturated carbocycles. The Balaban J connectivity index is 1.56. The minimum Gasteiger partial charge on any atom is -0.381 e. The second-order valence-electron chi connectivity index (χ2n) is 8.09. The van der Waals surface area contributed by atoms with Crippen molar-refractivity contribution in [2.24, 2.45) is 0 Å². The van der Waals surface area contributed by atoms with Gasteiger partial charge in [0.1, 0.15) is 5.65 Å². The van der Waals surface area contributed by atoms with Crippen LogP contribution in [0.1, 0.15) is 47.9 Å². The Bertz CT molecular complexity index is 1040. The number of aromatic amines is 1. The van der Waals surface area contributed by atoms with Crippen LogP contribution in [-0.2, 0) is 14.2 Å². The van der Waals surface area contributed by atoms with E-state index in [1.807, 2.05) is 12.3 Å². The van der Waals surface area contributed by atoms with Gasteiger partial charge < -0.3 is 29.6 Å². The summed E-state index contributed by atoms with van der Waals surface area (Å²) < 4.78 is 16.4. The summed E-state index contributed by atoms with van der Waals surface area (Å²) in [5, 5.41) is 14.5. The van der Waals surface area contributed by atoms with Crippen molar-refractivity contribution < 1.29 is 19.3 Å². The molecule has 31 heavy (non-hydrogen) atoms. The first-order chi connectivity index (χ1) is 15.2. The van der Waals surface area contributed by atoms with Crippen LogP contribution in [0.4, 0.5) is 0 Å². The van der Waals surface area contributed by atoms with Crippen LogP contribution in [0.3, 0.4) is 0 Å². The summed E-state index contributed by atoms with van der Waals surface area (Å²) in [6, 6.07) is 6.35. The second-order valence-corrected chi connectivity index (χ2v) is 8.09. The zero-order chi connectivity index (χ0) is 21.2. The number of nitrogens with one attached hydrogen (secondary N) is 2. The van der Waals surface area contributed by atoms with Crippen LogP contribution in [0.15, 0.2) is 30.6 Å². The van der Waals surface area contributed by atoms with Gasteiger partial charge in [0.15, 0.2) is 6.29 Å². The Hall–Kier alpha value is -2.36. The molecule has 2 atom stereocenters. The van der Waals surface area contributed by atoms with E-state index in [1.54, 1.807) is 6.20 Å². The van der Waals surface area contributed by atoms with Crippen LogP contribution in [0, 0.1) is 0 Å². The first kappa shape index (κ1) is 20.5. The number of aromatic nitrogens is 3. The van der Waals surface area contributed by atoms with E-state index in [4.69, 9.17) is 19.2 Å². The maximum atomic E-state index is 10.2. The van der Waals surface area contributed by atoms with Crippen LogP contribution in [-0.4, -0.2) is 60.1 Å². The molecule has 0 aromatic carbocycles. The lowest BCUT2D eigenvalue weighted by atomic mass is 9.88. The fourth-order valence-electron chi connectivity index (χ4n) is 4.52. The van der Waals surface area contributed by atoms with Gasteiger partial charge in [-0.05, 0) is 36.5 Å². The minimum absolute atomic E-state index is 0.0707. The number of methoxy groups -OCH3 is 1. The van der Waals surface area contributed by atoms with E-state index in [0.717, 1.165) is 61.5 Å². The maximum Gasteiger partial charge on any atom is 0.182 e. The van der Waals surface area contributed by atoms with Crippen molar-refractivity contribution >= 4 is 11.0 Å². The summed E-state index contributed by atoms with van der Waals surface area (Å²) in [6.45, 7) is 3.74. The fraction of sp³-hybridized carbons (Fsp3) is 0.478. The number of hydrogen-bond donors (Lipinski definition) is 3. The molecule has 8 heteroatoms. The number of H-pyrrole nitrogens is 1. The largest absolute Gasteiger partial charge is 0.381 e. The predicted molar refractivity (Wildman–Crippen MR) is 116 cm³/mol. The highest BCUT2D eigenvalue weighted by Gasteiger charge is 2.26. The van der Waals surface area contributed by atoms with Crippen molar-refractivity contribution in [1.29, 1.82) is 0 Å². The molecule has 0 spiro atoms. The van der Waals surface area contributed by atoms with Crippen LogP contribution < -0.4 is 5.32 Å². The van der Waals surface area contributed by atoms with Gasteiger partial charge in [-0.3, -0.25) is 4.98 Å². The van der Waals surface area contributed by atoms with Crippen LogP contribution >= 0.6 is 0 Å². The highest BCUT2D eigenvalue weighted by molar-refractivity contribution is 5.84. The van der Waals surface area contributed by atoms with Gasteiger partial charge in [0.2, 0.25) is 0 Å². The molecule has 2 saturated heterocycles. The highest BCUT2D eigenvalue weighted by atomic mass is 16.6. The Morgan fingerprint density at radius 1 is 1.19 bits per heavy atom. The van der Waals surface area contributed by atoms with Gasteiger partial charge in [0.05, 0.1) is 30.6 Å². The van der Waals surface area contributed by atoms with Gasteiger partial charge in [-0.25, -0.2) is 4.98 Å². The normalized spacial score (nSPS) is 21.4. The van der Waals surface area contributed by atoms with Gasteiger partial charge in [0, 0.05) is 55.8 Å². The molecule has 5 rings (SSSR count). The molecular weight excluding hydrogens is 396 g/mol. The summed E-state index contributed by atoms with van der Waals surface area (Å²) in [4.78, 5) is 12.7. The van der Waals surface area contributed by atoms with E-state index < -0.39 is 6.29 Å². The van der Waals surface area contributed by atoms with Gasteiger partial charge in [-0.1, -0.05) is 6.07 Å². The zero-order valence-corrected chi connectivity index (χ0v) is 17.6. The summed E-state index contributed by atoms with van der Waals surface area (Å²) in [6.07, 6.45) is 4.56. The van der Waals surface area contributed by atoms with Gasteiger partial charge in [-0.15, -0.1) is 0 Å². The highest BCUT2D eigenvalue weighted by Crippen LogP contribution is 2.34. The standard InChI is InChI=1S/C23H28N4O4/c1-29-23(28)18-12-26-22-17(18)10-15(11-25-22)19-3-2-16(14-4-7-30-8-5-14)21(27-19)20-13-31-9-6-24-20/h2-3,10-12,14,20,23-24,28H,4-9,13H2,1H3,(H,25,26). The van der Waals surface area contributed by atoms with Crippen molar-refractivity contribution in [1.82, 2.24) is 20.3 Å². The van der Waals surface area contributed by atoms with E-state index >= 15 is 0 Å². The Kier molecular flexibility index (Phi) is 5.97. The third kappa shape index (κ3) is 4.09. The zero-order valence-electron chi connectivity index (χ0n) is 17.6. The van der Waals surface area contributed by atoms with E-state index in [-0.39, 0.29) is 6.04 Å². The third-order valence-corrected chi connectivity index (χ3v) is 6.22. The van der Waals surface area contributed by atoms with E-state index in [1.165, 1.54) is 12.7 Å². The molecule has 0 amide bonds. The second kappa shape index (κ2) is 9.02. The van der Waals surface area contributed by atoms with Crippen molar-refractivity contribution in [2.75, 3.05) is 40.1 Å². The maximum absolute atomic E-state index is 10.2. The summed E-state index contributed by atoms with van der Waals surface area (Å²) >= 11 is 0. The van der Waals surface area contributed by atoms with Crippen molar-refractivity contribution in [3.05, 3.63) is 47.4 Å². The number of rotatable bonds is 5. The number of aliphatic hydroxyl groups is 1. The van der Waals surface area contributed by atoms with Crippen LogP contribution in [0.25, 0.3) is 22.3 Å². The SMILES string of the molecule is COC(O)c1c[nH]c2ncc(-c3ccc(C4CCOCC4)c(C4COCCN4)n3)cc12. The molecule has 2 fully saturated rings. The van der Waals surface area contributed by atoms with Crippen LogP contribution in [0.5, 0.6) is 0 Å². The molecule has 8 nitrogen and oxygen atoms in total. The number of pyridine rings is 2. The lowest BCUT2D eigenvalue weighted by Gasteiger charge is -2.29. The Morgan fingerprint density at radius 2 is 2.06 bits per heavy atom. The number of aliphatic hydroxyl groups excluding tert-OH is 1. The monoisotopic (exact) mass is 424 g/mol. The molecule has 3 aromatic rings. The molecule has 2 unspecified atom stereocenters. The number of hydrogen-bond acceptors (Lipinski definition) is 7. The van der Waals surface area contributed by atoms with Gasteiger partial charge >= 0.3 is 0 Å². The number of ether oxygens (including phenoxy) is 3. The minimum atomic E-state index is -1.01. The topological polar surface area (TPSA) is 102 Å².